The fourth-order valence-electron chi connectivity index (χ4n) is 1.98. The molecule has 1 fully saturated rings. The summed E-state index contributed by atoms with van der Waals surface area (Å²) in [7, 11) is 0. The number of nitrogens with zero attached hydrogens (tertiary/aromatic N) is 2. The molecular formula is C10H9Br2N3OS. The van der Waals surface area contributed by atoms with Gasteiger partial charge in [0.25, 0.3) is 0 Å². The normalized spacial score (nSPS) is 24.4. The summed E-state index contributed by atoms with van der Waals surface area (Å²) in [5.41, 5.74) is 5.88. The molecule has 1 aliphatic carbocycles. The Bertz CT molecular complexity index is 504. The van der Waals surface area contributed by atoms with Gasteiger partial charge in [0.1, 0.15) is 11.9 Å². The van der Waals surface area contributed by atoms with Crippen LogP contribution in [-0.2, 0) is 0 Å². The van der Waals surface area contributed by atoms with Gasteiger partial charge in [-0.05, 0) is 50.8 Å². The largest absolute Gasteiger partial charge is 0.385 e. The zero-order valence-electron chi connectivity index (χ0n) is 8.69. The molecule has 0 bridgehead atoms. The molecule has 2 aliphatic rings. The van der Waals surface area contributed by atoms with E-state index in [1.807, 2.05) is 6.07 Å². The number of halogens is 2. The van der Waals surface area contributed by atoms with Crippen LogP contribution < -0.4 is 5.73 Å². The van der Waals surface area contributed by atoms with Gasteiger partial charge in [-0.25, -0.2) is 4.79 Å². The van der Waals surface area contributed by atoms with E-state index in [2.05, 4.69) is 36.9 Å². The van der Waals surface area contributed by atoms with Crippen molar-refractivity contribution in [2.24, 2.45) is 10.7 Å². The van der Waals surface area contributed by atoms with Gasteiger partial charge in [-0.2, -0.15) is 4.99 Å². The van der Waals surface area contributed by atoms with E-state index in [-0.39, 0.29) is 12.1 Å². The van der Waals surface area contributed by atoms with Crippen LogP contribution >= 0.6 is 43.2 Å². The van der Waals surface area contributed by atoms with E-state index < -0.39 is 0 Å². The van der Waals surface area contributed by atoms with Gasteiger partial charge in [-0.3, -0.25) is 0 Å². The minimum absolute atomic E-state index is 0.178. The number of carbonyl (C=O) groups excluding carboxylic acids is 1. The van der Waals surface area contributed by atoms with Crippen molar-refractivity contribution in [3.63, 3.8) is 0 Å². The minimum atomic E-state index is -0.198. The Morgan fingerprint density at radius 3 is 2.71 bits per heavy atom. The molecule has 2 N–H and O–H groups in total. The molecule has 1 atom stereocenters. The quantitative estimate of drug-likeness (QED) is 0.858. The van der Waals surface area contributed by atoms with Gasteiger partial charge in [0.05, 0.1) is 3.79 Å². The topological polar surface area (TPSA) is 58.7 Å². The Hall–Kier alpha value is -0.400. The molecule has 90 valence electrons. The van der Waals surface area contributed by atoms with Crippen LogP contribution in [0.5, 0.6) is 0 Å². The van der Waals surface area contributed by atoms with Crippen LogP contribution in [0.2, 0.25) is 0 Å². The molecule has 2 amide bonds. The summed E-state index contributed by atoms with van der Waals surface area (Å²) in [6, 6.07) is 1.94. The summed E-state index contributed by atoms with van der Waals surface area (Å²) in [4.78, 5) is 18.5. The first-order valence-corrected chi connectivity index (χ1v) is 7.59. The second kappa shape index (κ2) is 4.07. The second-order valence-electron chi connectivity index (χ2n) is 4.13. The SMILES string of the molecule is NC1=NC(=O)N(C2CC2)C1c1cc(Br)c(Br)s1. The molecule has 2 heterocycles. The molecule has 1 unspecified atom stereocenters. The van der Waals surface area contributed by atoms with E-state index in [1.165, 1.54) is 0 Å². The predicted molar refractivity (Wildman–Crippen MR) is 74.3 cm³/mol. The predicted octanol–water partition coefficient (Wildman–Crippen LogP) is 3.27. The van der Waals surface area contributed by atoms with Crippen LogP contribution in [0.3, 0.4) is 0 Å². The van der Waals surface area contributed by atoms with Crippen molar-refractivity contribution in [1.29, 1.82) is 0 Å². The van der Waals surface area contributed by atoms with Gasteiger partial charge in [-0.1, -0.05) is 0 Å². The Morgan fingerprint density at radius 2 is 2.18 bits per heavy atom. The molecule has 1 saturated carbocycles. The molecular weight excluding hydrogens is 370 g/mol. The summed E-state index contributed by atoms with van der Waals surface area (Å²) >= 11 is 8.49. The number of rotatable bonds is 2. The fourth-order valence-corrected chi connectivity index (χ4v) is 4.19. The van der Waals surface area contributed by atoms with Crippen molar-refractivity contribution < 1.29 is 4.79 Å². The lowest BCUT2D eigenvalue weighted by Crippen LogP contribution is -2.34. The highest BCUT2D eigenvalue weighted by Gasteiger charge is 2.44. The highest BCUT2D eigenvalue weighted by Crippen LogP contribution is 2.43. The van der Waals surface area contributed by atoms with E-state index in [0.717, 1.165) is 26.0 Å². The third-order valence-electron chi connectivity index (χ3n) is 2.88. The van der Waals surface area contributed by atoms with Crippen molar-refractivity contribution in [3.05, 3.63) is 19.2 Å². The van der Waals surface area contributed by atoms with Crippen molar-refractivity contribution in [1.82, 2.24) is 4.90 Å². The Morgan fingerprint density at radius 1 is 1.47 bits per heavy atom. The highest BCUT2D eigenvalue weighted by atomic mass is 79.9. The number of aliphatic imine (C=N–C) groups is 1. The number of thiophene rings is 1. The molecule has 1 aliphatic heterocycles. The third-order valence-corrected chi connectivity index (χ3v) is 6.19. The monoisotopic (exact) mass is 377 g/mol. The molecule has 4 nitrogen and oxygen atoms in total. The average molecular weight is 379 g/mol. The van der Waals surface area contributed by atoms with E-state index >= 15 is 0 Å². The van der Waals surface area contributed by atoms with Crippen LogP contribution in [0.1, 0.15) is 23.8 Å². The molecule has 3 rings (SSSR count). The number of carbonyl (C=O) groups is 1. The Kier molecular flexibility index (Phi) is 2.79. The number of hydrogen-bond acceptors (Lipinski definition) is 3. The van der Waals surface area contributed by atoms with Crippen LogP contribution in [0.4, 0.5) is 4.79 Å². The molecule has 1 aromatic rings. The number of hydrogen-bond donors (Lipinski definition) is 1. The smallest absolute Gasteiger partial charge is 0.346 e. The zero-order chi connectivity index (χ0) is 12.2. The second-order valence-corrected chi connectivity index (χ2v) is 7.39. The van der Waals surface area contributed by atoms with Crippen molar-refractivity contribution in [3.8, 4) is 0 Å². The van der Waals surface area contributed by atoms with Gasteiger partial charge in [0.15, 0.2) is 0 Å². The molecule has 0 aromatic carbocycles. The maximum atomic E-state index is 11.8. The summed E-state index contributed by atoms with van der Waals surface area (Å²) in [5.74, 6) is 0.406. The van der Waals surface area contributed by atoms with Crippen molar-refractivity contribution in [2.75, 3.05) is 0 Å². The number of amides is 2. The lowest BCUT2D eigenvalue weighted by atomic mass is 10.2. The first-order valence-electron chi connectivity index (χ1n) is 5.19. The molecule has 0 spiro atoms. The first-order chi connectivity index (χ1) is 8.08. The van der Waals surface area contributed by atoms with E-state index in [0.29, 0.717) is 11.9 Å². The molecule has 17 heavy (non-hydrogen) atoms. The molecule has 1 aromatic heterocycles. The minimum Gasteiger partial charge on any atom is -0.385 e. The highest BCUT2D eigenvalue weighted by molar-refractivity contribution is 9.13. The van der Waals surface area contributed by atoms with Gasteiger partial charge in [0, 0.05) is 15.4 Å². The van der Waals surface area contributed by atoms with Gasteiger partial charge in [-0.15, -0.1) is 11.3 Å². The molecule has 0 radical (unpaired) electrons. The van der Waals surface area contributed by atoms with Crippen molar-refractivity contribution in [2.45, 2.75) is 24.9 Å². The van der Waals surface area contributed by atoms with Gasteiger partial charge in [0.2, 0.25) is 0 Å². The summed E-state index contributed by atoms with van der Waals surface area (Å²) in [6.45, 7) is 0. The van der Waals surface area contributed by atoms with E-state index in [9.17, 15) is 4.79 Å². The number of amidine groups is 1. The number of nitrogens with two attached hydrogens (primary N) is 1. The van der Waals surface area contributed by atoms with Crippen LogP contribution in [0.15, 0.2) is 19.3 Å². The lowest BCUT2D eigenvalue weighted by Gasteiger charge is -2.22. The first kappa shape index (κ1) is 11.7. The van der Waals surface area contributed by atoms with E-state index in [1.54, 1.807) is 16.2 Å². The Balaban J connectivity index is 1.99. The van der Waals surface area contributed by atoms with Gasteiger partial charge >= 0.3 is 6.03 Å². The maximum absolute atomic E-state index is 11.8. The Labute approximate surface area is 119 Å². The summed E-state index contributed by atoms with van der Waals surface area (Å²) < 4.78 is 2.00. The van der Waals surface area contributed by atoms with Crippen LogP contribution in [0.25, 0.3) is 0 Å². The average Bonchev–Trinajstić information content (AvgIpc) is 2.97. The van der Waals surface area contributed by atoms with E-state index in [4.69, 9.17) is 5.73 Å². The van der Waals surface area contributed by atoms with Crippen molar-refractivity contribution >= 4 is 55.1 Å². The standard InChI is InChI=1S/C10H9Br2N3OS/c11-5-3-6(17-8(5)12)7-9(13)14-10(16)15(7)4-1-2-4/h3-4,7H,1-2H2,(H2,13,14,16). The summed E-state index contributed by atoms with van der Waals surface area (Å²) in [5, 5.41) is 0. The number of urea groups is 1. The maximum Gasteiger partial charge on any atom is 0.346 e. The molecule has 0 saturated heterocycles. The van der Waals surface area contributed by atoms with Crippen LogP contribution in [0, 0.1) is 0 Å². The lowest BCUT2D eigenvalue weighted by molar-refractivity contribution is 0.204. The van der Waals surface area contributed by atoms with Gasteiger partial charge < -0.3 is 10.6 Å². The fraction of sp³-hybridized carbons (Fsp3) is 0.400. The third kappa shape index (κ3) is 1.94. The zero-order valence-corrected chi connectivity index (χ0v) is 12.7. The molecule has 7 heteroatoms. The van der Waals surface area contributed by atoms with Crippen LogP contribution in [-0.4, -0.2) is 22.8 Å². The summed E-state index contributed by atoms with van der Waals surface area (Å²) in [6.07, 6.45) is 2.11.